The van der Waals surface area contributed by atoms with Gasteiger partial charge in [0.25, 0.3) is 0 Å². The highest BCUT2D eigenvalue weighted by molar-refractivity contribution is 9.10. The molecule has 22 heavy (non-hydrogen) atoms. The molecule has 5 nitrogen and oxygen atoms in total. The number of carbonyl (C=O) groups excluding carboxylic acids is 1. The lowest BCUT2D eigenvalue weighted by Crippen LogP contribution is -2.44. The molecule has 1 atom stereocenters. The van der Waals surface area contributed by atoms with Gasteiger partial charge in [0, 0.05) is 31.9 Å². The van der Waals surface area contributed by atoms with Crippen LogP contribution in [0.2, 0.25) is 0 Å². The highest BCUT2D eigenvalue weighted by Crippen LogP contribution is 2.20. The fourth-order valence-electron chi connectivity index (χ4n) is 2.50. The Morgan fingerprint density at radius 1 is 1.50 bits per heavy atom. The lowest BCUT2D eigenvalue weighted by atomic mass is 10.2. The van der Waals surface area contributed by atoms with Gasteiger partial charge in [0.05, 0.1) is 0 Å². The van der Waals surface area contributed by atoms with E-state index in [9.17, 15) is 4.79 Å². The number of halogens is 1. The molecule has 6 heteroatoms. The number of pyridine rings is 1. The molecule has 1 aromatic rings. The quantitative estimate of drug-likeness (QED) is 0.826. The molecule has 1 saturated heterocycles. The standard InChI is InChI=1S/C16H24BrN3O2/c1-16(2,3)22-15(21)20-8-4-5-13(20)11-18-9-12-6-7-14(17)19-10-12/h6-7,10,13,18H,4-5,8-9,11H2,1-3H3/t13-/m0/s1. The van der Waals surface area contributed by atoms with Crippen LogP contribution in [-0.2, 0) is 11.3 Å². The number of likely N-dealkylation sites (tertiary alicyclic amines) is 1. The highest BCUT2D eigenvalue weighted by Gasteiger charge is 2.31. The van der Waals surface area contributed by atoms with Crippen molar-refractivity contribution in [3.63, 3.8) is 0 Å². The molecule has 0 radical (unpaired) electrons. The number of nitrogens with one attached hydrogen (secondary N) is 1. The minimum absolute atomic E-state index is 0.206. The summed E-state index contributed by atoms with van der Waals surface area (Å²) < 4.78 is 6.31. The SMILES string of the molecule is CC(C)(C)OC(=O)N1CCC[C@H]1CNCc1ccc(Br)nc1. The number of carbonyl (C=O) groups is 1. The van der Waals surface area contributed by atoms with E-state index in [1.807, 2.05) is 44.0 Å². The predicted molar refractivity (Wildman–Crippen MR) is 89.6 cm³/mol. The van der Waals surface area contributed by atoms with Crippen LogP contribution in [0, 0.1) is 0 Å². The van der Waals surface area contributed by atoms with Gasteiger partial charge in [-0.2, -0.15) is 0 Å². The number of amides is 1. The summed E-state index contributed by atoms with van der Waals surface area (Å²) in [6.07, 6.45) is 3.69. The number of hydrogen-bond donors (Lipinski definition) is 1. The van der Waals surface area contributed by atoms with Gasteiger partial charge in [0.15, 0.2) is 0 Å². The van der Waals surface area contributed by atoms with Gasteiger partial charge in [-0.25, -0.2) is 9.78 Å². The first-order chi connectivity index (χ1) is 10.3. The maximum Gasteiger partial charge on any atom is 0.410 e. The van der Waals surface area contributed by atoms with Gasteiger partial charge in [-0.15, -0.1) is 0 Å². The molecule has 2 rings (SSSR count). The molecule has 1 N–H and O–H groups in total. The van der Waals surface area contributed by atoms with Crippen LogP contribution < -0.4 is 5.32 Å². The van der Waals surface area contributed by atoms with Crippen LogP contribution in [0.15, 0.2) is 22.9 Å². The van der Waals surface area contributed by atoms with Crippen molar-refractivity contribution in [1.29, 1.82) is 0 Å². The third kappa shape index (κ3) is 5.25. The van der Waals surface area contributed by atoms with Crippen molar-refractivity contribution >= 4 is 22.0 Å². The van der Waals surface area contributed by atoms with Crippen molar-refractivity contribution < 1.29 is 9.53 Å². The first-order valence-corrected chi connectivity index (χ1v) is 8.45. The third-order valence-corrected chi connectivity index (χ3v) is 3.97. The monoisotopic (exact) mass is 369 g/mol. The smallest absolute Gasteiger partial charge is 0.410 e. The molecule has 0 bridgehead atoms. The van der Waals surface area contributed by atoms with Gasteiger partial charge in [-0.3, -0.25) is 0 Å². The predicted octanol–water partition coefficient (Wildman–Crippen LogP) is 3.33. The van der Waals surface area contributed by atoms with Gasteiger partial charge >= 0.3 is 6.09 Å². The van der Waals surface area contributed by atoms with E-state index in [4.69, 9.17) is 4.74 Å². The average molecular weight is 370 g/mol. The average Bonchev–Trinajstić information content (AvgIpc) is 2.88. The Kier molecular flexibility index (Phi) is 5.81. The lowest BCUT2D eigenvalue weighted by molar-refractivity contribution is 0.0226. The fraction of sp³-hybridized carbons (Fsp3) is 0.625. The van der Waals surface area contributed by atoms with Gasteiger partial charge in [-0.1, -0.05) is 6.07 Å². The van der Waals surface area contributed by atoms with Crippen LogP contribution in [-0.4, -0.2) is 40.7 Å². The second-order valence-corrected chi connectivity index (χ2v) is 7.40. The van der Waals surface area contributed by atoms with Gasteiger partial charge < -0.3 is 15.0 Å². The Morgan fingerprint density at radius 2 is 2.27 bits per heavy atom. The zero-order valence-electron chi connectivity index (χ0n) is 13.4. The summed E-state index contributed by atoms with van der Waals surface area (Å²) in [5, 5.41) is 3.41. The summed E-state index contributed by atoms with van der Waals surface area (Å²) in [7, 11) is 0. The molecule has 0 saturated carbocycles. The summed E-state index contributed by atoms with van der Waals surface area (Å²) in [6.45, 7) is 7.99. The Bertz CT molecular complexity index is 499. The molecule has 0 aromatic carbocycles. The molecule has 0 spiro atoms. The molecule has 2 heterocycles. The number of nitrogens with zero attached hydrogens (tertiary/aromatic N) is 2. The summed E-state index contributed by atoms with van der Waals surface area (Å²) in [4.78, 5) is 18.3. The van der Waals surface area contributed by atoms with E-state index < -0.39 is 5.60 Å². The minimum atomic E-state index is -0.444. The zero-order chi connectivity index (χ0) is 16.2. The van der Waals surface area contributed by atoms with Crippen molar-refractivity contribution in [3.8, 4) is 0 Å². The van der Waals surface area contributed by atoms with Crippen LogP contribution in [0.1, 0.15) is 39.2 Å². The molecule has 1 fully saturated rings. The molecule has 1 aliphatic heterocycles. The number of aromatic nitrogens is 1. The highest BCUT2D eigenvalue weighted by atomic mass is 79.9. The Hall–Kier alpha value is -1.14. The lowest BCUT2D eigenvalue weighted by Gasteiger charge is -2.28. The molecule has 1 aromatic heterocycles. The van der Waals surface area contributed by atoms with Gasteiger partial charge in [-0.05, 0) is 61.2 Å². The number of hydrogen-bond acceptors (Lipinski definition) is 4. The van der Waals surface area contributed by atoms with Gasteiger partial charge in [0.1, 0.15) is 10.2 Å². The number of rotatable bonds is 4. The summed E-state index contributed by atoms with van der Waals surface area (Å²) in [5.74, 6) is 0. The first-order valence-electron chi connectivity index (χ1n) is 7.66. The Morgan fingerprint density at radius 3 is 2.91 bits per heavy atom. The van der Waals surface area contributed by atoms with Crippen molar-refractivity contribution in [1.82, 2.24) is 15.2 Å². The van der Waals surface area contributed by atoms with Crippen LogP contribution in [0.4, 0.5) is 4.79 Å². The molecule has 122 valence electrons. The van der Waals surface area contributed by atoms with Crippen LogP contribution >= 0.6 is 15.9 Å². The summed E-state index contributed by atoms with van der Waals surface area (Å²) in [5.41, 5.74) is 0.686. The van der Waals surface area contributed by atoms with Crippen molar-refractivity contribution in [2.75, 3.05) is 13.1 Å². The largest absolute Gasteiger partial charge is 0.444 e. The molecule has 1 amide bonds. The second kappa shape index (κ2) is 7.42. The van der Waals surface area contributed by atoms with E-state index in [0.717, 1.165) is 42.6 Å². The minimum Gasteiger partial charge on any atom is -0.444 e. The van der Waals surface area contributed by atoms with Crippen LogP contribution in [0.25, 0.3) is 0 Å². The normalized spacial score (nSPS) is 18.5. The number of ether oxygens (including phenoxy) is 1. The summed E-state index contributed by atoms with van der Waals surface area (Å²) in [6, 6.07) is 4.17. The van der Waals surface area contributed by atoms with Crippen LogP contribution in [0.3, 0.4) is 0 Å². The fourth-order valence-corrected chi connectivity index (χ4v) is 2.74. The third-order valence-electron chi connectivity index (χ3n) is 3.50. The maximum atomic E-state index is 12.2. The molecule has 0 unspecified atom stereocenters. The van der Waals surface area contributed by atoms with E-state index in [-0.39, 0.29) is 12.1 Å². The van der Waals surface area contributed by atoms with Crippen LogP contribution in [0.5, 0.6) is 0 Å². The van der Waals surface area contributed by atoms with Gasteiger partial charge in [0.2, 0.25) is 0 Å². The molecule has 1 aliphatic rings. The molecular formula is C16H24BrN3O2. The Balaban J connectivity index is 1.81. The second-order valence-electron chi connectivity index (χ2n) is 6.59. The molecular weight excluding hydrogens is 346 g/mol. The van der Waals surface area contributed by atoms with E-state index in [0.29, 0.717) is 0 Å². The zero-order valence-corrected chi connectivity index (χ0v) is 15.0. The van der Waals surface area contributed by atoms with Crippen molar-refractivity contribution in [2.24, 2.45) is 0 Å². The van der Waals surface area contributed by atoms with Crippen molar-refractivity contribution in [3.05, 3.63) is 28.5 Å². The first kappa shape index (κ1) is 17.2. The van der Waals surface area contributed by atoms with Crippen molar-refractivity contribution in [2.45, 2.75) is 51.8 Å². The van der Waals surface area contributed by atoms with E-state index in [1.54, 1.807) is 0 Å². The Labute approximate surface area is 140 Å². The van der Waals surface area contributed by atoms with E-state index in [2.05, 4.69) is 26.2 Å². The topological polar surface area (TPSA) is 54.5 Å². The van der Waals surface area contributed by atoms with E-state index >= 15 is 0 Å². The maximum absolute atomic E-state index is 12.2. The van der Waals surface area contributed by atoms with E-state index in [1.165, 1.54) is 0 Å². The molecule has 0 aliphatic carbocycles. The summed E-state index contributed by atoms with van der Waals surface area (Å²) >= 11 is 3.33.